The molecule has 0 aromatic carbocycles. The first-order valence-corrected chi connectivity index (χ1v) is 11.7. The second-order valence-electron chi connectivity index (χ2n) is 8.49. The molecular formula is C23H48ClN. The van der Waals surface area contributed by atoms with E-state index in [1.165, 1.54) is 129 Å². The van der Waals surface area contributed by atoms with Gasteiger partial charge in [0.15, 0.2) is 0 Å². The molecule has 1 fully saturated rings. The van der Waals surface area contributed by atoms with Crippen LogP contribution in [0.25, 0.3) is 0 Å². The molecule has 1 nitrogen and oxygen atoms in total. The van der Waals surface area contributed by atoms with Crippen LogP contribution in [-0.4, -0.2) is 19.6 Å². The van der Waals surface area contributed by atoms with Gasteiger partial charge in [0.25, 0.3) is 0 Å². The summed E-state index contributed by atoms with van der Waals surface area (Å²) in [7, 11) is 0. The number of quaternary nitrogens is 1. The normalized spacial score (nSPS) is 20.4. The molecule has 1 rings (SSSR count). The van der Waals surface area contributed by atoms with E-state index < -0.39 is 0 Å². The van der Waals surface area contributed by atoms with Gasteiger partial charge in [0.05, 0.1) is 19.6 Å². The van der Waals surface area contributed by atoms with Gasteiger partial charge in [-0.1, -0.05) is 90.9 Å². The smallest absolute Gasteiger partial charge is 0.0799 e. The molecule has 152 valence electrons. The van der Waals surface area contributed by atoms with E-state index in [1.54, 1.807) is 0 Å². The van der Waals surface area contributed by atoms with Crippen LogP contribution in [0, 0.1) is 5.92 Å². The van der Waals surface area contributed by atoms with Crippen LogP contribution in [0.5, 0.6) is 0 Å². The second kappa shape index (κ2) is 19.0. The Morgan fingerprint density at radius 2 is 1.20 bits per heavy atom. The highest BCUT2D eigenvalue weighted by atomic mass is 35.5. The summed E-state index contributed by atoms with van der Waals surface area (Å²) in [5.41, 5.74) is 0. The minimum atomic E-state index is 0. The van der Waals surface area contributed by atoms with Crippen molar-refractivity contribution in [3.63, 3.8) is 0 Å². The Labute approximate surface area is 166 Å². The highest BCUT2D eigenvalue weighted by Gasteiger charge is 2.22. The van der Waals surface area contributed by atoms with Gasteiger partial charge in [-0.25, -0.2) is 0 Å². The van der Waals surface area contributed by atoms with E-state index >= 15 is 0 Å². The molecule has 1 aliphatic heterocycles. The lowest BCUT2D eigenvalue weighted by Gasteiger charge is -2.30. The lowest BCUT2D eigenvalue weighted by atomic mass is 9.92. The van der Waals surface area contributed by atoms with E-state index in [9.17, 15) is 0 Å². The molecule has 0 saturated carbocycles. The number of piperidine rings is 1. The number of likely N-dealkylation sites (tertiary alicyclic amines) is 1. The first-order valence-electron chi connectivity index (χ1n) is 11.7. The predicted molar refractivity (Wildman–Crippen MR) is 109 cm³/mol. The van der Waals surface area contributed by atoms with Gasteiger partial charge in [-0.15, -0.1) is 0 Å². The fourth-order valence-corrected chi connectivity index (χ4v) is 4.45. The average molecular weight is 374 g/mol. The fraction of sp³-hybridized carbons (Fsp3) is 1.00. The first kappa shape index (κ1) is 25.2. The van der Waals surface area contributed by atoms with E-state index in [0.29, 0.717) is 0 Å². The topological polar surface area (TPSA) is 4.44 Å². The van der Waals surface area contributed by atoms with E-state index in [-0.39, 0.29) is 12.4 Å². The summed E-state index contributed by atoms with van der Waals surface area (Å²) in [5.74, 6) is 1.05. The first-order chi connectivity index (χ1) is 11.9. The minimum Gasteiger partial charge on any atom is -1.00 e. The molecule has 1 N–H and O–H groups in total. The maximum Gasteiger partial charge on any atom is 0.0799 e. The molecule has 2 heteroatoms. The maximum atomic E-state index is 2.31. The van der Waals surface area contributed by atoms with Crippen LogP contribution in [0.4, 0.5) is 0 Å². The van der Waals surface area contributed by atoms with Gasteiger partial charge in [-0.2, -0.15) is 0 Å². The zero-order chi connectivity index (χ0) is 17.3. The van der Waals surface area contributed by atoms with Crippen LogP contribution in [0.15, 0.2) is 0 Å². The molecule has 0 radical (unpaired) electrons. The van der Waals surface area contributed by atoms with E-state index in [4.69, 9.17) is 0 Å². The third kappa shape index (κ3) is 15.0. The van der Waals surface area contributed by atoms with Crippen molar-refractivity contribution in [1.82, 2.24) is 0 Å². The molecule has 0 bridgehead atoms. The van der Waals surface area contributed by atoms with Crippen molar-refractivity contribution in [2.24, 2.45) is 5.92 Å². The van der Waals surface area contributed by atoms with Gasteiger partial charge < -0.3 is 17.3 Å². The maximum absolute atomic E-state index is 2.31. The van der Waals surface area contributed by atoms with E-state index in [1.807, 2.05) is 4.90 Å². The lowest BCUT2D eigenvalue weighted by molar-refractivity contribution is -0.909. The van der Waals surface area contributed by atoms with Gasteiger partial charge in [-0.05, 0) is 32.1 Å². The van der Waals surface area contributed by atoms with E-state index in [0.717, 1.165) is 5.92 Å². The average Bonchev–Trinajstić information content (AvgIpc) is 2.60. The molecule has 1 aliphatic rings. The minimum absolute atomic E-state index is 0. The van der Waals surface area contributed by atoms with Crippen molar-refractivity contribution in [3.8, 4) is 0 Å². The molecule has 2 unspecified atom stereocenters. The summed E-state index contributed by atoms with van der Waals surface area (Å²) in [6.45, 7) is 9.03. The Hall–Kier alpha value is 0.250. The summed E-state index contributed by atoms with van der Waals surface area (Å²) < 4.78 is 0. The van der Waals surface area contributed by atoms with Crippen molar-refractivity contribution in [1.29, 1.82) is 0 Å². The van der Waals surface area contributed by atoms with Gasteiger partial charge in [0.1, 0.15) is 0 Å². The van der Waals surface area contributed by atoms with Crippen molar-refractivity contribution in [3.05, 3.63) is 0 Å². The van der Waals surface area contributed by atoms with Gasteiger partial charge in [0.2, 0.25) is 0 Å². The third-order valence-electron chi connectivity index (χ3n) is 6.07. The second-order valence-corrected chi connectivity index (χ2v) is 8.49. The number of hydrogen-bond acceptors (Lipinski definition) is 0. The summed E-state index contributed by atoms with van der Waals surface area (Å²) in [6, 6.07) is 0. The molecular weight excluding hydrogens is 326 g/mol. The molecule has 0 spiro atoms. The molecule has 1 heterocycles. The summed E-state index contributed by atoms with van der Waals surface area (Å²) in [4.78, 5) is 1.93. The van der Waals surface area contributed by atoms with Crippen LogP contribution < -0.4 is 17.3 Å². The standard InChI is InChI=1S/C23H47N.ClH/c1-3-5-7-9-11-13-15-18-23-19-17-21-24(22-23)20-16-14-12-10-8-6-4-2;/h23H,3-22H2,1-2H3;1H. The molecule has 25 heavy (non-hydrogen) atoms. The van der Waals surface area contributed by atoms with Gasteiger partial charge in [0, 0.05) is 5.92 Å². The molecule has 0 aliphatic carbocycles. The lowest BCUT2D eigenvalue weighted by Crippen LogP contribution is -3.13. The largest absolute Gasteiger partial charge is 1.00 e. The highest BCUT2D eigenvalue weighted by molar-refractivity contribution is 4.62. The summed E-state index contributed by atoms with van der Waals surface area (Å²) in [6.07, 6.45) is 25.0. The quantitative estimate of drug-likeness (QED) is 0.396. The predicted octanol–water partition coefficient (Wildman–Crippen LogP) is 3.18. The van der Waals surface area contributed by atoms with Crippen LogP contribution >= 0.6 is 0 Å². The van der Waals surface area contributed by atoms with Gasteiger partial charge in [-0.3, -0.25) is 0 Å². The van der Waals surface area contributed by atoms with E-state index in [2.05, 4.69) is 13.8 Å². The third-order valence-corrected chi connectivity index (χ3v) is 6.07. The van der Waals surface area contributed by atoms with Crippen molar-refractivity contribution in [2.45, 2.75) is 123 Å². The summed E-state index contributed by atoms with van der Waals surface area (Å²) in [5, 5.41) is 0. The Kier molecular flexibility index (Phi) is 19.2. The Morgan fingerprint density at radius 3 is 1.80 bits per heavy atom. The molecule has 0 aromatic heterocycles. The number of nitrogens with one attached hydrogen (secondary N) is 1. The molecule has 0 amide bonds. The molecule has 0 aromatic rings. The van der Waals surface area contributed by atoms with Crippen LogP contribution in [0.1, 0.15) is 123 Å². The zero-order valence-electron chi connectivity index (χ0n) is 17.6. The van der Waals surface area contributed by atoms with Crippen LogP contribution in [0.3, 0.4) is 0 Å². The Bertz CT molecular complexity index is 232. The zero-order valence-corrected chi connectivity index (χ0v) is 18.4. The Balaban J connectivity index is 0.00000576. The van der Waals surface area contributed by atoms with Crippen molar-refractivity contribution >= 4 is 0 Å². The number of halogens is 1. The number of hydrogen-bond donors (Lipinski definition) is 1. The summed E-state index contributed by atoms with van der Waals surface area (Å²) >= 11 is 0. The monoisotopic (exact) mass is 373 g/mol. The fourth-order valence-electron chi connectivity index (χ4n) is 4.45. The molecule has 2 atom stereocenters. The number of rotatable bonds is 16. The van der Waals surface area contributed by atoms with Crippen molar-refractivity contribution in [2.75, 3.05) is 19.6 Å². The molecule has 1 saturated heterocycles. The Morgan fingerprint density at radius 1 is 0.680 bits per heavy atom. The highest BCUT2D eigenvalue weighted by Crippen LogP contribution is 2.17. The van der Waals surface area contributed by atoms with Crippen LogP contribution in [0.2, 0.25) is 0 Å². The number of unbranched alkanes of at least 4 members (excludes halogenated alkanes) is 12. The van der Waals surface area contributed by atoms with Gasteiger partial charge >= 0.3 is 0 Å². The van der Waals surface area contributed by atoms with Crippen molar-refractivity contribution < 1.29 is 17.3 Å². The SMILES string of the molecule is CCCCCCCCCC1CCC[NH+](CCCCCCCCC)C1.[Cl-]. The van der Waals surface area contributed by atoms with Crippen LogP contribution in [-0.2, 0) is 0 Å².